The number of nitrogens with one attached hydrogen (secondary N) is 2. The van der Waals surface area contributed by atoms with Gasteiger partial charge < -0.3 is 15.4 Å². The number of rotatable bonds is 5. The number of nitrogens with zero attached hydrogens (tertiary/aromatic N) is 1. The lowest BCUT2D eigenvalue weighted by Crippen LogP contribution is -2.50. The van der Waals surface area contributed by atoms with Gasteiger partial charge in [0.1, 0.15) is 0 Å². The molecule has 0 aromatic rings. The van der Waals surface area contributed by atoms with Gasteiger partial charge in [0.25, 0.3) is 0 Å². The molecule has 1 saturated carbocycles. The summed E-state index contributed by atoms with van der Waals surface area (Å²) in [5, 5.41) is 7.22. The summed E-state index contributed by atoms with van der Waals surface area (Å²) in [4.78, 5) is 4.44. The monoisotopic (exact) mass is 455 g/mol. The molecule has 0 bridgehead atoms. The molecule has 0 aromatic heterocycles. The van der Waals surface area contributed by atoms with Crippen molar-refractivity contribution in [1.29, 1.82) is 0 Å². The maximum Gasteiger partial charge on any atom is 0.191 e. The van der Waals surface area contributed by atoms with E-state index < -0.39 is 0 Å². The van der Waals surface area contributed by atoms with Crippen molar-refractivity contribution in [3.63, 3.8) is 0 Å². The molecule has 2 aliphatic rings. The first-order chi connectivity index (χ1) is 10.7. The van der Waals surface area contributed by atoms with Gasteiger partial charge in [-0.15, -0.1) is 24.0 Å². The molecular weight excluding hydrogens is 421 g/mol. The van der Waals surface area contributed by atoms with Gasteiger partial charge >= 0.3 is 0 Å². The average molecular weight is 455 g/mol. The van der Waals surface area contributed by atoms with Crippen molar-refractivity contribution in [1.82, 2.24) is 10.6 Å². The van der Waals surface area contributed by atoms with Gasteiger partial charge in [0.2, 0.25) is 0 Å². The summed E-state index contributed by atoms with van der Waals surface area (Å²) in [7, 11) is 1.88. The van der Waals surface area contributed by atoms with Crippen LogP contribution in [0, 0.1) is 5.92 Å². The van der Waals surface area contributed by atoms with Gasteiger partial charge in [-0.3, -0.25) is 4.99 Å². The van der Waals surface area contributed by atoms with Crippen LogP contribution in [0.25, 0.3) is 0 Å². The predicted molar refractivity (Wildman–Crippen MR) is 112 cm³/mol. The number of hydrogen-bond donors (Lipinski definition) is 2. The molecular formula is C17H34IN3OS. The molecule has 6 heteroatoms. The molecule has 2 atom stereocenters. The highest BCUT2D eigenvalue weighted by Crippen LogP contribution is 2.34. The lowest BCUT2D eigenvalue weighted by atomic mass is 9.87. The van der Waals surface area contributed by atoms with Gasteiger partial charge in [-0.25, -0.2) is 0 Å². The molecule has 0 amide bonds. The standard InChI is InChI=1S/C17H33N3OS.HI/c1-4-22-17(8-10-21-11-9-17)13-19-16(18-3)20-15-7-5-6-14(2)12-15;/h14-15H,4-13H2,1-3H3,(H2,18,19,20);1H. The molecule has 2 unspecified atom stereocenters. The Morgan fingerprint density at radius 2 is 2.04 bits per heavy atom. The second-order valence-electron chi connectivity index (χ2n) is 6.77. The van der Waals surface area contributed by atoms with Crippen molar-refractivity contribution in [3.8, 4) is 0 Å². The maximum atomic E-state index is 5.55. The van der Waals surface area contributed by atoms with Crippen LogP contribution in [-0.2, 0) is 4.74 Å². The fourth-order valence-electron chi connectivity index (χ4n) is 3.62. The van der Waals surface area contributed by atoms with E-state index in [-0.39, 0.29) is 24.0 Å². The minimum absolute atomic E-state index is 0. The molecule has 2 fully saturated rings. The Morgan fingerprint density at radius 3 is 2.65 bits per heavy atom. The van der Waals surface area contributed by atoms with Crippen molar-refractivity contribution in [2.45, 2.75) is 63.2 Å². The Labute approximate surface area is 163 Å². The first-order valence-corrected chi connectivity index (χ1v) is 9.85. The number of hydrogen-bond acceptors (Lipinski definition) is 3. The van der Waals surface area contributed by atoms with Crippen molar-refractivity contribution >= 4 is 41.7 Å². The van der Waals surface area contributed by atoms with Crippen LogP contribution in [0.1, 0.15) is 52.4 Å². The van der Waals surface area contributed by atoms with E-state index in [1.165, 1.54) is 25.7 Å². The van der Waals surface area contributed by atoms with E-state index in [2.05, 4.69) is 41.2 Å². The Hall–Kier alpha value is 0.310. The minimum Gasteiger partial charge on any atom is -0.381 e. The predicted octanol–water partition coefficient (Wildman–Crippen LogP) is 3.65. The Bertz CT molecular complexity index is 356. The van der Waals surface area contributed by atoms with Crippen molar-refractivity contribution in [2.75, 3.05) is 32.6 Å². The Kier molecular flexibility index (Phi) is 10.2. The first kappa shape index (κ1) is 21.4. The van der Waals surface area contributed by atoms with Crippen LogP contribution >= 0.6 is 35.7 Å². The topological polar surface area (TPSA) is 45.7 Å². The van der Waals surface area contributed by atoms with Gasteiger partial charge in [0.15, 0.2) is 5.96 Å². The summed E-state index contributed by atoms with van der Waals surface area (Å²) in [5.41, 5.74) is 0. The van der Waals surface area contributed by atoms with Crippen LogP contribution in [0.2, 0.25) is 0 Å². The summed E-state index contributed by atoms with van der Waals surface area (Å²) in [6.45, 7) is 7.37. The van der Waals surface area contributed by atoms with Crippen LogP contribution in [0.4, 0.5) is 0 Å². The van der Waals surface area contributed by atoms with E-state index in [1.807, 2.05) is 7.05 Å². The van der Waals surface area contributed by atoms with E-state index in [9.17, 15) is 0 Å². The van der Waals surface area contributed by atoms with Gasteiger partial charge in [-0.1, -0.05) is 26.7 Å². The summed E-state index contributed by atoms with van der Waals surface area (Å²) < 4.78 is 5.86. The molecule has 1 aliphatic carbocycles. The number of aliphatic imine (C=N–C) groups is 1. The van der Waals surface area contributed by atoms with Gasteiger partial charge in [0.05, 0.1) is 0 Å². The van der Waals surface area contributed by atoms with E-state index in [4.69, 9.17) is 4.74 Å². The number of ether oxygens (including phenoxy) is 1. The van der Waals surface area contributed by atoms with Crippen molar-refractivity contribution < 1.29 is 4.74 Å². The summed E-state index contributed by atoms with van der Waals surface area (Å²) >= 11 is 2.07. The molecule has 136 valence electrons. The van der Waals surface area contributed by atoms with E-state index >= 15 is 0 Å². The van der Waals surface area contributed by atoms with Crippen molar-refractivity contribution in [3.05, 3.63) is 0 Å². The smallest absolute Gasteiger partial charge is 0.191 e. The average Bonchev–Trinajstić information content (AvgIpc) is 2.53. The van der Waals surface area contributed by atoms with E-state index in [0.717, 1.165) is 50.2 Å². The fraction of sp³-hybridized carbons (Fsp3) is 0.941. The molecule has 1 heterocycles. The zero-order valence-corrected chi connectivity index (χ0v) is 18.0. The molecule has 0 radical (unpaired) electrons. The molecule has 4 nitrogen and oxygen atoms in total. The highest BCUT2D eigenvalue weighted by molar-refractivity contribution is 14.0. The highest BCUT2D eigenvalue weighted by atomic mass is 127. The summed E-state index contributed by atoms with van der Waals surface area (Å²) in [5.74, 6) is 2.97. The van der Waals surface area contributed by atoms with Gasteiger partial charge in [0, 0.05) is 37.6 Å². The molecule has 1 aliphatic heterocycles. The Balaban J connectivity index is 0.00000264. The number of halogens is 1. The third-order valence-corrected chi connectivity index (χ3v) is 6.39. The van der Waals surface area contributed by atoms with Gasteiger partial charge in [-0.2, -0.15) is 11.8 Å². The van der Waals surface area contributed by atoms with Gasteiger partial charge in [-0.05, 0) is 37.4 Å². The van der Waals surface area contributed by atoms with Crippen molar-refractivity contribution in [2.24, 2.45) is 10.9 Å². The summed E-state index contributed by atoms with van der Waals surface area (Å²) in [6.07, 6.45) is 7.52. The summed E-state index contributed by atoms with van der Waals surface area (Å²) in [6, 6.07) is 0.583. The van der Waals surface area contributed by atoms with Crippen LogP contribution < -0.4 is 10.6 Å². The van der Waals surface area contributed by atoms with Crippen LogP contribution in [0.5, 0.6) is 0 Å². The molecule has 2 N–H and O–H groups in total. The zero-order chi connectivity index (χ0) is 15.8. The second kappa shape index (κ2) is 11.0. The lowest BCUT2D eigenvalue weighted by molar-refractivity contribution is 0.0782. The SMILES string of the molecule is CCSC1(CNC(=NC)NC2CCCC(C)C2)CCOCC1.I. The van der Waals surface area contributed by atoms with Crippen LogP contribution in [-0.4, -0.2) is 49.3 Å². The molecule has 23 heavy (non-hydrogen) atoms. The Morgan fingerprint density at radius 1 is 1.30 bits per heavy atom. The quantitative estimate of drug-likeness (QED) is 0.378. The molecule has 2 rings (SSSR count). The third kappa shape index (κ3) is 6.98. The normalized spacial score (nSPS) is 27.9. The van der Waals surface area contributed by atoms with Crippen LogP contribution in [0.3, 0.4) is 0 Å². The first-order valence-electron chi connectivity index (χ1n) is 8.86. The van der Waals surface area contributed by atoms with E-state index in [1.54, 1.807) is 0 Å². The molecule has 0 aromatic carbocycles. The lowest BCUT2D eigenvalue weighted by Gasteiger charge is -2.37. The maximum absolute atomic E-state index is 5.55. The zero-order valence-electron chi connectivity index (χ0n) is 14.9. The van der Waals surface area contributed by atoms with E-state index in [0.29, 0.717) is 10.8 Å². The largest absolute Gasteiger partial charge is 0.381 e. The third-order valence-electron chi connectivity index (χ3n) is 4.93. The number of thioether (sulfide) groups is 1. The number of guanidine groups is 1. The van der Waals surface area contributed by atoms with Crippen LogP contribution in [0.15, 0.2) is 4.99 Å². The fourth-order valence-corrected chi connectivity index (χ4v) is 4.86. The second-order valence-corrected chi connectivity index (χ2v) is 8.50. The highest BCUT2D eigenvalue weighted by Gasteiger charge is 2.33. The molecule has 1 saturated heterocycles. The molecule has 0 spiro atoms. The minimum atomic E-state index is 0.